The molecule has 0 aromatic carbocycles. The predicted octanol–water partition coefficient (Wildman–Crippen LogP) is 1.30. The quantitative estimate of drug-likeness (QED) is 0.524. The minimum absolute atomic E-state index is 0.238. The second-order valence-electron chi connectivity index (χ2n) is 4.97. The molecule has 0 aromatic heterocycles. The molecule has 94 valence electrons. The van der Waals surface area contributed by atoms with E-state index in [2.05, 4.69) is 0 Å². The molecule has 0 amide bonds. The van der Waals surface area contributed by atoms with Crippen molar-refractivity contribution in [3.8, 4) is 0 Å². The van der Waals surface area contributed by atoms with Crippen molar-refractivity contribution in [2.24, 2.45) is 5.73 Å². The van der Waals surface area contributed by atoms with E-state index in [1.165, 1.54) is 0 Å². The van der Waals surface area contributed by atoms with Gasteiger partial charge in [0.15, 0.2) is 0 Å². The van der Waals surface area contributed by atoms with Crippen molar-refractivity contribution < 1.29 is 19.4 Å². The summed E-state index contributed by atoms with van der Waals surface area (Å²) in [5.74, 6) is -0.238. The molecule has 0 saturated heterocycles. The second kappa shape index (κ2) is 5.84. The highest BCUT2D eigenvalue weighted by atomic mass is 16.6. The van der Waals surface area contributed by atoms with Crippen molar-refractivity contribution in [3.05, 3.63) is 0 Å². The molecular formula is C11H21NO4. The zero-order valence-electron chi connectivity index (χ0n) is 10.2. The van der Waals surface area contributed by atoms with Gasteiger partial charge in [0.1, 0.15) is 11.1 Å². The van der Waals surface area contributed by atoms with Crippen molar-refractivity contribution in [3.63, 3.8) is 0 Å². The maximum atomic E-state index is 11.6. The Hall–Kier alpha value is -1.10. The number of carboxylic acid groups (broad SMARTS) is 1. The Morgan fingerprint density at radius 1 is 1.38 bits per heavy atom. The molecule has 0 radical (unpaired) electrons. The molecule has 1 aliphatic carbocycles. The molecule has 0 atom stereocenters. The Morgan fingerprint density at radius 2 is 1.75 bits per heavy atom. The molecule has 1 rings (SSSR count). The molecule has 5 heteroatoms. The van der Waals surface area contributed by atoms with Gasteiger partial charge in [0.2, 0.25) is 0 Å². The zero-order chi connectivity index (χ0) is 12.8. The van der Waals surface area contributed by atoms with E-state index in [9.17, 15) is 4.79 Å². The van der Waals surface area contributed by atoms with Gasteiger partial charge in [-0.2, -0.15) is 0 Å². The zero-order valence-corrected chi connectivity index (χ0v) is 10.2. The number of rotatable bonds is 1. The van der Waals surface area contributed by atoms with Crippen LogP contribution in [-0.2, 0) is 14.3 Å². The lowest BCUT2D eigenvalue weighted by atomic mass is 9.99. The molecule has 0 spiro atoms. The van der Waals surface area contributed by atoms with Crippen LogP contribution in [0.25, 0.3) is 0 Å². The van der Waals surface area contributed by atoms with E-state index in [4.69, 9.17) is 20.4 Å². The largest absolute Gasteiger partial charge is 0.483 e. The van der Waals surface area contributed by atoms with Crippen molar-refractivity contribution in [1.82, 2.24) is 0 Å². The van der Waals surface area contributed by atoms with Crippen LogP contribution >= 0.6 is 0 Å². The maximum absolute atomic E-state index is 11.6. The Balaban J connectivity index is 0.000000673. The minimum Gasteiger partial charge on any atom is -0.483 e. The van der Waals surface area contributed by atoms with Crippen molar-refractivity contribution >= 4 is 12.4 Å². The lowest BCUT2D eigenvalue weighted by Gasteiger charge is -2.27. The van der Waals surface area contributed by atoms with E-state index < -0.39 is 11.1 Å². The normalized spacial score (nSPS) is 18.2. The van der Waals surface area contributed by atoms with Gasteiger partial charge in [-0.15, -0.1) is 0 Å². The van der Waals surface area contributed by atoms with E-state index in [0.717, 1.165) is 25.7 Å². The fraction of sp³-hybridized carbons (Fsp3) is 0.818. The molecule has 1 saturated carbocycles. The average molecular weight is 231 g/mol. The smallest absolute Gasteiger partial charge is 0.326 e. The lowest BCUT2D eigenvalue weighted by Crippen LogP contribution is -2.48. The summed E-state index contributed by atoms with van der Waals surface area (Å²) < 4.78 is 5.26. The van der Waals surface area contributed by atoms with Crippen molar-refractivity contribution in [2.45, 2.75) is 57.6 Å². The summed E-state index contributed by atoms with van der Waals surface area (Å²) in [6.45, 7) is 5.34. The molecule has 3 N–H and O–H groups in total. The van der Waals surface area contributed by atoms with Gasteiger partial charge >= 0.3 is 5.97 Å². The van der Waals surface area contributed by atoms with Crippen molar-refractivity contribution in [1.29, 1.82) is 0 Å². The molecule has 0 heterocycles. The first-order valence-electron chi connectivity index (χ1n) is 5.35. The van der Waals surface area contributed by atoms with Crippen LogP contribution in [0.15, 0.2) is 0 Å². The average Bonchev–Trinajstić information content (AvgIpc) is 2.52. The standard InChI is InChI=1S/C10H19NO2.CH2O2/c1-9(2,3)13-8(12)10(11)6-4-5-7-10;2-1-3/h4-7,11H2,1-3H3;1H,(H,2,3). The van der Waals surface area contributed by atoms with Crippen LogP contribution in [0, 0.1) is 0 Å². The third kappa shape index (κ3) is 5.11. The molecule has 0 unspecified atom stereocenters. The van der Waals surface area contributed by atoms with Gasteiger partial charge in [-0.05, 0) is 33.6 Å². The second-order valence-corrected chi connectivity index (χ2v) is 4.97. The highest BCUT2D eigenvalue weighted by Gasteiger charge is 2.40. The first-order chi connectivity index (χ1) is 7.25. The third-order valence-electron chi connectivity index (χ3n) is 2.30. The van der Waals surface area contributed by atoms with Crippen molar-refractivity contribution in [2.75, 3.05) is 0 Å². The summed E-state index contributed by atoms with van der Waals surface area (Å²) in [5, 5.41) is 6.89. The highest BCUT2D eigenvalue weighted by molar-refractivity contribution is 5.81. The van der Waals surface area contributed by atoms with Gasteiger partial charge in [0, 0.05) is 0 Å². The summed E-state index contributed by atoms with van der Waals surface area (Å²) in [7, 11) is 0. The number of carbonyl (C=O) groups is 2. The van der Waals surface area contributed by atoms with E-state index >= 15 is 0 Å². The fourth-order valence-electron chi connectivity index (χ4n) is 1.59. The monoisotopic (exact) mass is 231 g/mol. The molecule has 1 aliphatic rings. The highest BCUT2D eigenvalue weighted by Crippen LogP contribution is 2.29. The number of hydrogen-bond donors (Lipinski definition) is 2. The van der Waals surface area contributed by atoms with Gasteiger partial charge in [-0.3, -0.25) is 9.59 Å². The van der Waals surface area contributed by atoms with Gasteiger partial charge in [-0.25, -0.2) is 0 Å². The van der Waals surface area contributed by atoms with Crippen LogP contribution in [0.5, 0.6) is 0 Å². The summed E-state index contributed by atoms with van der Waals surface area (Å²) in [4.78, 5) is 20.0. The van der Waals surface area contributed by atoms with Crippen LogP contribution in [0.1, 0.15) is 46.5 Å². The van der Waals surface area contributed by atoms with Crippen LogP contribution in [-0.4, -0.2) is 28.7 Å². The SMILES string of the molecule is CC(C)(C)OC(=O)C1(N)CCCC1.O=CO. The number of esters is 1. The van der Waals surface area contributed by atoms with E-state index in [1.807, 2.05) is 20.8 Å². The van der Waals surface area contributed by atoms with Crippen LogP contribution in [0.2, 0.25) is 0 Å². The van der Waals surface area contributed by atoms with Crippen LogP contribution in [0.3, 0.4) is 0 Å². The number of carbonyl (C=O) groups excluding carboxylic acids is 1. The fourth-order valence-corrected chi connectivity index (χ4v) is 1.59. The summed E-state index contributed by atoms with van der Waals surface area (Å²) in [5.41, 5.74) is 4.81. The van der Waals surface area contributed by atoms with Crippen LogP contribution in [0.4, 0.5) is 0 Å². The van der Waals surface area contributed by atoms with Gasteiger partial charge < -0.3 is 15.6 Å². The summed E-state index contributed by atoms with van der Waals surface area (Å²) in [6.07, 6.45) is 3.61. The molecule has 16 heavy (non-hydrogen) atoms. The van der Waals surface area contributed by atoms with Gasteiger partial charge in [0.25, 0.3) is 6.47 Å². The Bertz CT molecular complexity index is 239. The van der Waals surface area contributed by atoms with E-state index in [1.54, 1.807) is 0 Å². The minimum atomic E-state index is -0.701. The molecule has 0 aromatic rings. The topological polar surface area (TPSA) is 89.6 Å². The third-order valence-corrected chi connectivity index (χ3v) is 2.30. The summed E-state index contributed by atoms with van der Waals surface area (Å²) >= 11 is 0. The Morgan fingerprint density at radius 3 is 2.06 bits per heavy atom. The number of nitrogens with two attached hydrogens (primary N) is 1. The molecule has 0 aliphatic heterocycles. The predicted molar refractivity (Wildman–Crippen MR) is 59.9 cm³/mol. The number of ether oxygens (including phenoxy) is 1. The first-order valence-corrected chi connectivity index (χ1v) is 5.35. The first kappa shape index (κ1) is 14.9. The lowest BCUT2D eigenvalue weighted by molar-refractivity contribution is -0.161. The maximum Gasteiger partial charge on any atom is 0.326 e. The molecular weight excluding hydrogens is 210 g/mol. The van der Waals surface area contributed by atoms with Gasteiger partial charge in [-0.1, -0.05) is 12.8 Å². The Labute approximate surface area is 96.0 Å². The Kier molecular flexibility index (Phi) is 5.44. The van der Waals surface area contributed by atoms with E-state index in [0.29, 0.717) is 0 Å². The van der Waals surface area contributed by atoms with E-state index in [-0.39, 0.29) is 12.4 Å². The molecule has 0 bridgehead atoms. The van der Waals surface area contributed by atoms with Gasteiger partial charge in [0.05, 0.1) is 0 Å². The summed E-state index contributed by atoms with van der Waals surface area (Å²) in [6, 6.07) is 0. The molecule has 5 nitrogen and oxygen atoms in total. The number of hydrogen-bond acceptors (Lipinski definition) is 4. The van der Waals surface area contributed by atoms with Crippen LogP contribution < -0.4 is 5.73 Å². The molecule has 1 fully saturated rings.